The SMILES string of the molecule is N/N=C/NO. The first-order chi connectivity index (χ1) is 2.41. The summed E-state index contributed by atoms with van der Waals surface area (Å²) in [5.41, 5.74) is 1.60. The van der Waals surface area contributed by atoms with Gasteiger partial charge in [-0.15, -0.1) is 0 Å². The average Bonchev–Trinajstić information content (AvgIpc) is 1.41. The number of hydrogen-bond acceptors (Lipinski definition) is 3. The molecule has 0 aromatic heterocycles. The van der Waals surface area contributed by atoms with Crippen LogP contribution in [-0.4, -0.2) is 11.5 Å². The number of nitrogens with one attached hydrogen (secondary N) is 1. The molecule has 0 radical (unpaired) electrons. The van der Waals surface area contributed by atoms with Crippen LogP contribution in [0.2, 0.25) is 0 Å². The predicted molar refractivity (Wildman–Crippen MR) is 17.6 cm³/mol. The van der Waals surface area contributed by atoms with Gasteiger partial charge in [0, 0.05) is 0 Å². The first-order valence-corrected chi connectivity index (χ1v) is 1.03. The summed E-state index contributed by atoms with van der Waals surface area (Å²) in [6.07, 6.45) is 0.958. The maximum Gasteiger partial charge on any atom is 0.132 e. The van der Waals surface area contributed by atoms with Gasteiger partial charge in [0.25, 0.3) is 0 Å². The highest BCUT2D eigenvalue weighted by molar-refractivity contribution is 5.51. The van der Waals surface area contributed by atoms with E-state index in [-0.39, 0.29) is 0 Å². The van der Waals surface area contributed by atoms with Crippen molar-refractivity contribution in [2.75, 3.05) is 0 Å². The van der Waals surface area contributed by atoms with Gasteiger partial charge in [-0.3, -0.25) is 10.7 Å². The zero-order valence-corrected chi connectivity index (χ0v) is 2.55. The summed E-state index contributed by atoms with van der Waals surface area (Å²) in [5, 5.41) is 10.5. The third kappa shape index (κ3) is 3.23. The summed E-state index contributed by atoms with van der Waals surface area (Å²) in [7, 11) is 0. The molecule has 0 saturated carbocycles. The van der Waals surface area contributed by atoms with Crippen molar-refractivity contribution in [3.8, 4) is 0 Å². The summed E-state index contributed by atoms with van der Waals surface area (Å²) >= 11 is 0. The molecule has 30 valence electrons. The van der Waals surface area contributed by atoms with Crippen LogP contribution >= 0.6 is 0 Å². The lowest BCUT2D eigenvalue weighted by Crippen LogP contribution is -2.03. The Bertz CT molecular complexity index is 33.9. The second-order valence-corrected chi connectivity index (χ2v) is 0.407. The van der Waals surface area contributed by atoms with E-state index in [0.717, 1.165) is 6.34 Å². The molecule has 0 saturated heterocycles. The standard InChI is InChI=1S/CH5N3O/c2-3-1-4-5/h1,5H,2H2,(H,3,4). The van der Waals surface area contributed by atoms with Gasteiger partial charge in [0.1, 0.15) is 6.34 Å². The van der Waals surface area contributed by atoms with Gasteiger partial charge in [-0.1, -0.05) is 0 Å². The Labute approximate surface area is 29.2 Å². The van der Waals surface area contributed by atoms with E-state index in [1.807, 2.05) is 0 Å². The number of nitrogens with zero attached hydrogens (tertiary/aromatic N) is 1. The molecule has 0 unspecified atom stereocenters. The molecular weight excluding hydrogens is 70.0 g/mol. The van der Waals surface area contributed by atoms with E-state index in [2.05, 4.69) is 10.9 Å². The molecule has 0 aliphatic carbocycles. The zero-order chi connectivity index (χ0) is 4.12. The van der Waals surface area contributed by atoms with E-state index in [1.54, 1.807) is 5.48 Å². The fourth-order valence-corrected chi connectivity index (χ4v) is 0.0333. The molecule has 0 aromatic carbocycles. The molecule has 4 N–H and O–H groups in total. The number of hydrogen-bond donors (Lipinski definition) is 3. The number of hydrazone groups is 1. The molecule has 0 aliphatic heterocycles. The van der Waals surface area contributed by atoms with Crippen LogP contribution in [0, 0.1) is 0 Å². The Morgan fingerprint density at radius 1 is 2.00 bits per heavy atom. The van der Waals surface area contributed by atoms with Crippen LogP contribution in [0.3, 0.4) is 0 Å². The maximum atomic E-state index is 7.59. The normalized spacial score (nSPS) is 9.00. The minimum Gasteiger partial charge on any atom is -0.322 e. The molecule has 0 amide bonds. The van der Waals surface area contributed by atoms with E-state index in [9.17, 15) is 0 Å². The zero-order valence-electron chi connectivity index (χ0n) is 2.55. The third-order valence-electron chi connectivity index (χ3n) is 0.132. The molecular formula is CH5N3O. The molecule has 4 heteroatoms. The quantitative estimate of drug-likeness (QED) is 0.160. The predicted octanol–water partition coefficient (Wildman–Crippen LogP) is -1.13. The monoisotopic (exact) mass is 75.0 g/mol. The van der Waals surface area contributed by atoms with Crippen LogP contribution < -0.4 is 11.3 Å². The van der Waals surface area contributed by atoms with Crippen molar-refractivity contribution in [2.45, 2.75) is 0 Å². The smallest absolute Gasteiger partial charge is 0.132 e. The van der Waals surface area contributed by atoms with Crippen molar-refractivity contribution in [1.82, 2.24) is 5.48 Å². The molecule has 0 aromatic rings. The fraction of sp³-hybridized carbons (Fsp3) is 0. The number of hydroxylamine groups is 1. The van der Waals surface area contributed by atoms with E-state index >= 15 is 0 Å². The molecule has 0 fully saturated rings. The van der Waals surface area contributed by atoms with E-state index in [4.69, 9.17) is 5.21 Å². The van der Waals surface area contributed by atoms with Crippen LogP contribution in [0.25, 0.3) is 0 Å². The highest BCUT2D eigenvalue weighted by Crippen LogP contribution is 1.26. The summed E-state index contributed by atoms with van der Waals surface area (Å²) < 4.78 is 0. The highest BCUT2D eigenvalue weighted by Gasteiger charge is 1.47. The first-order valence-electron chi connectivity index (χ1n) is 1.03. The second-order valence-electron chi connectivity index (χ2n) is 0.407. The van der Waals surface area contributed by atoms with Gasteiger partial charge in [-0.2, -0.15) is 5.10 Å². The molecule has 0 bridgehead atoms. The Hall–Kier alpha value is -0.770. The Kier molecular flexibility index (Phi) is 2.73. The summed E-state index contributed by atoms with van der Waals surface area (Å²) in [4.78, 5) is 0. The largest absolute Gasteiger partial charge is 0.322 e. The van der Waals surface area contributed by atoms with Crippen molar-refractivity contribution in [3.63, 3.8) is 0 Å². The Morgan fingerprint density at radius 3 is 2.60 bits per heavy atom. The lowest BCUT2D eigenvalue weighted by atomic mass is 11.4. The Balaban J connectivity index is 2.62. The lowest BCUT2D eigenvalue weighted by Gasteiger charge is -1.73. The van der Waals surface area contributed by atoms with Gasteiger partial charge in [-0.25, -0.2) is 0 Å². The van der Waals surface area contributed by atoms with E-state index in [1.165, 1.54) is 0 Å². The van der Waals surface area contributed by atoms with Crippen molar-refractivity contribution >= 4 is 6.34 Å². The van der Waals surface area contributed by atoms with Crippen LogP contribution in [-0.2, 0) is 0 Å². The summed E-state index contributed by atoms with van der Waals surface area (Å²) in [6.45, 7) is 0. The summed E-state index contributed by atoms with van der Waals surface area (Å²) in [6, 6.07) is 0. The molecule has 0 heterocycles. The minimum atomic E-state index is 0.958. The topological polar surface area (TPSA) is 70.6 Å². The fourth-order valence-electron chi connectivity index (χ4n) is 0.0333. The van der Waals surface area contributed by atoms with Crippen LogP contribution in [0.5, 0.6) is 0 Å². The van der Waals surface area contributed by atoms with Gasteiger partial charge in [0.2, 0.25) is 0 Å². The van der Waals surface area contributed by atoms with E-state index in [0.29, 0.717) is 0 Å². The second kappa shape index (κ2) is 3.23. The van der Waals surface area contributed by atoms with Gasteiger partial charge >= 0.3 is 0 Å². The van der Waals surface area contributed by atoms with Crippen LogP contribution in [0.1, 0.15) is 0 Å². The van der Waals surface area contributed by atoms with Gasteiger partial charge < -0.3 is 5.84 Å². The van der Waals surface area contributed by atoms with E-state index < -0.39 is 0 Å². The molecule has 0 spiro atoms. The molecule has 0 aliphatic rings. The summed E-state index contributed by atoms with van der Waals surface area (Å²) in [5.74, 6) is 4.49. The van der Waals surface area contributed by atoms with Gasteiger partial charge in [0.05, 0.1) is 0 Å². The average molecular weight is 75.1 g/mol. The molecule has 0 rings (SSSR count). The lowest BCUT2D eigenvalue weighted by molar-refractivity contribution is 0.239. The first kappa shape index (κ1) is 4.23. The molecule has 0 atom stereocenters. The third-order valence-corrected chi connectivity index (χ3v) is 0.132. The van der Waals surface area contributed by atoms with Crippen LogP contribution in [0.4, 0.5) is 0 Å². The van der Waals surface area contributed by atoms with Crippen molar-refractivity contribution in [1.29, 1.82) is 0 Å². The number of rotatable bonds is 1. The maximum absolute atomic E-state index is 7.59. The minimum absolute atomic E-state index is 0.958. The number of nitrogens with two attached hydrogens (primary N) is 1. The van der Waals surface area contributed by atoms with Crippen molar-refractivity contribution < 1.29 is 5.21 Å². The highest BCUT2D eigenvalue weighted by atomic mass is 16.5. The Morgan fingerprint density at radius 2 is 2.60 bits per heavy atom. The van der Waals surface area contributed by atoms with Crippen molar-refractivity contribution in [3.05, 3.63) is 0 Å². The van der Waals surface area contributed by atoms with Gasteiger partial charge in [0.15, 0.2) is 0 Å². The molecule has 4 nitrogen and oxygen atoms in total. The van der Waals surface area contributed by atoms with Crippen molar-refractivity contribution in [2.24, 2.45) is 10.9 Å². The van der Waals surface area contributed by atoms with Crippen LogP contribution in [0.15, 0.2) is 5.10 Å². The van der Waals surface area contributed by atoms with Gasteiger partial charge in [-0.05, 0) is 0 Å². The molecule has 5 heavy (non-hydrogen) atoms.